The van der Waals surface area contributed by atoms with E-state index in [4.69, 9.17) is 0 Å². The third-order valence-electron chi connectivity index (χ3n) is 4.94. The van der Waals surface area contributed by atoms with Crippen molar-refractivity contribution in [3.8, 4) is 0 Å². The van der Waals surface area contributed by atoms with E-state index in [0.717, 1.165) is 24.3 Å². The maximum atomic E-state index is 13.9. The molecular formula is C21H18F2N2O4S2. The molecule has 162 valence electrons. The summed E-state index contributed by atoms with van der Waals surface area (Å²) in [6.07, 6.45) is 1.07. The van der Waals surface area contributed by atoms with Crippen LogP contribution in [0, 0.1) is 11.6 Å². The molecule has 10 heteroatoms. The number of hydrogen-bond donors (Lipinski definition) is 1. The largest absolute Gasteiger partial charge is 0.280 e. The Bertz CT molecular complexity index is 1340. The molecule has 0 fully saturated rings. The zero-order valence-electron chi connectivity index (χ0n) is 16.1. The van der Waals surface area contributed by atoms with Gasteiger partial charge in [-0.05, 0) is 73.0 Å². The van der Waals surface area contributed by atoms with Crippen LogP contribution in [0.2, 0.25) is 0 Å². The summed E-state index contributed by atoms with van der Waals surface area (Å²) in [5.41, 5.74) is 1.25. The van der Waals surface area contributed by atoms with E-state index in [9.17, 15) is 25.6 Å². The average Bonchev–Trinajstić information content (AvgIpc) is 2.73. The Balaban J connectivity index is 1.66. The van der Waals surface area contributed by atoms with Gasteiger partial charge in [0.2, 0.25) is 0 Å². The van der Waals surface area contributed by atoms with E-state index >= 15 is 0 Å². The highest BCUT2D eigenvalue weighted by molar-refractivity contribution is 7.93. The fourth-order valence-corrected chi connectivity index (χ4v) is 6.15. The number of rotatable bonds is 5. The highest BCUT2D eigenvalue weighted by atomic mass is 32.2. The Hall–Kier alpha value is -2.98. The monoisotopic (exact) mass is 464 g/mol. The van der Waals surface area contributed by atoms with Gasteiger partial charge in [-0.3, -0.25) is 9.03 Å². The maximum Gasteiger partial charge on any atom is 0.264 e. The summed E-state index contributed by atoms with van der Waals surface area (Å²) in [5, 5.41) is 0. The van der Waals surface area contributed by atoms with Crippen LogP contribution in [0.1, 0.15) is 12.0 Å². The number of nitrogens with zero attached hydrogens (tertiary/aromatic N) is 1. The van der Waals surface area contributed by atoms with Crippen molar-refractivity contribution in [3.63, 3.8) is 0 Å². The molecule has 1 N–H and O–H groups in total. The van der Waals surface area contributed by atoms with Gasteiger partial charge in [0.15, 0.2) is 0 Å². The molecule has 0 bridgehead atoms. The molecule has 0 saturated heterocycles. The third kappa shape index (κ3) is 4.13. The lowest BCUT2D eigenvalue weighted by Crippen LogP contribution is -2.35. The van der Waals surface area contributed by atoms with Gasteiger partial charge in [0.1, 0.15) is 16.5 Å². The van der Waals surface area contributed by atoms with Gasteiger partial charge < -0.3 is 0 Å². The number of sulfonamides is 2. The van der Waals surface area contributed by atoms with Crippen molar-refractivity contribution >= 4 is 31.4 Å². The number of nitrogens with one attached hydrogen (secondary N) is 1. The molecule has 0 saturated carbocycles. The summed E-state index contributed by atoms with van der Waals surface area (Å²) in [6, 6.07) is 14.1. The van der Waals surface area contributed by atoms with Gasteiger partial charge in [0.25, 0.3) is 20.0 Å². The summed E-state index contributed by atoms with van der Waals surface area (Å²) < 4.78 is 81.9. The molecule has 0 amide bonds. The first-order chi connectivity index (χ1) is 14.7. The Labute approximate surface area is 179 Å². The van der Waals surface area contributed by atoms with Gasteiger partial charge in [-0.15, -0.1) is 0 Å². The van der Waals surface area contributed by atoms with Crippen LogP contribution in [0.25, 0.3) is 0 Å². The molecule has 0 radical (unpaired) electrons. The van der Waals surface area contributed by atoms with E-state index in [0.29, 0.717) is 24.1 Å². The van der Waals surface area contributed by atoms with Gasteiger partial charge in [0.05, 0.1) is 10.6 Å². The number of hydrogen-bond acceptors (Lipinski definition) is 4. The topological polar surface area (TPSA) is 83.6 Å². The second-order valence-corrected chi connectivity index (χ2v) is 10.5. The standard InChI is InChI=1S/C21H18F2N2O4S2/c22-16-7-10-18(11-8-16)31(28,29)25-13-3-4-15-14-17(9-12-20(15)25)24-30(26,27)21-6-2-1-5-19(21)23/h1-2,5-12,14,24H,3-4,13H2. The predicted octanol–water partition coefficient (Wildman–Crippen LogP) is 3.91. The molecule has 1 aliphatic rings. The summed E-state index contributed by atoms with van der Waals surface area (Å²) in [5.74, 6) is -1.41. The normalized spacial score (nSPS) is 14.2. The van der Waals surface area contributed by atoms with Crippen LogP contribution in [-0.4, -0.2) is 23.4 Å². The van der Waals surface area contributed by atoms with Gasteiger partial charge in [-0.1, -0.05) is 12.1 Å². The number of anilines is 2. The molecule has 1 heterocycles. The fraction of sp³-hybridized carbons (Fsp3) is 0.143. The lowest BCUT2D eigenvalue weighted by Gasteiger charge is -2.31. The number of aryl methyl sites for hydroxylation is 1. The van der Waals surface area contributed by atoms with Crippen molar-refractivity contribution in [3.05, 3.63) is 83.9 Å². The van der Waals surface area contributed by atoms with Gasteiger partial charge in [0, 0.05) is 12.2 Å². The van der Waals surface area contributed by atoms with Gasteiger partial charge >= 0.3 is 0 Å². The summed E-state index contributed by atoms with van der Waals surface area (Å²) >= 11 is 0. The van der Waals surface area contributed by atoms with Crippen LogP contribution in [0.5, 0.6) is 0 Å². The second-order valence-electron chi connectivity index (χ2n) is 7.01. The highest BCUT2D eigenvalue weighted by Crippen LogP contribution is 2.34. The van der Waals surface area contributed by atoms with Crippen LogP contribution < -0.4 is 9.03 Å². The summed E-state index contributed by atoms with van der Waals surface area (Å²) in [7, 11) is -8.06. The van der Waals surface area contributed by atoms with Crippen LogP contribution in [0.15, 0.2) is 76.5 Å². The van der Waals surface area contributed by atoms with E-state index in [1.54, 1.807) is 6.07 Å². The number of halogens is 2. The van der Waals surface area contributed by atoms with Crippen molar-refractivity contribution in [1.29, 1.82) is 0 Å². The van der Waals surface area contributed by atoms with Crippen LogP contribution in [0.4, 0.5) is 20.2 Å². The minimum absolute atomic E-state index is 0.0360. The zero-order chi connectivity index (χ0) is 22.2. The van der Waals surface area contributed by atoms with Crippen molar-refractivity contribution in [2.75, 3.05) is 15.6 Å². The molecule has 3 aromatic rings. The minimum Gasteiger partial charge on any atom is -0.280 e. The van der Waals surface area contributed by atoms with Crippen molar-refractivity contribution in [2.24, 2.45) is 0 Å². The lowest BCUT2D eigenvalue weighted by molar-refractivity contribution is 0.570. The Morgan fingerprint density at radius 2 is 1.58 bits per heavy atom. The molecule has 0 aromatic heterocycles. The Morgan fingerprint density at radius 1 is 0.871 bits per heavy atom. The quantitative estimate of drug-likeness (QED) is 0.621. The maximum absolute atomic E-state index is 13.9. The minimum atomic E-state index is -4.15. The van der Waals surface area contributed by atoms with Crippen molar-refractivity contribution < 1.29 is 25.6 Å². The Kier molecular flexibility index (Phi) is 5.44. The smallest absolute Gasteiger partial charge is 0.264 e. The van der Waals surface area contributed by atoms with E-state index in [1.807, 2.05) is 0 Å². The van der Waals surface area contributed by atoms with Crippen molar-refractivity contribution in [1.82, 2.24) is 0 Å². The van der Waals surface area contributed by atoms with Crippen molar-refractivity contribution in [2.45, 2.75) is 22.6 Å². The van der Waals surface area contributed by atoms with Crippen LogP contribution in [-0.2, 0) is 26.5 Å². The SMILES string of the molecule is O=S(=O)(Nc1ccc2c(c1)CCCN2S(=O)(=O)c1ccc(F)cc1)c1ccccc1F. The molecule has 6 nitrogen and oxygen atoms in total. The molecule has 0 spiro atoms. The van der Waals surface area contributed by atoms with Crippen LogP contribution in [0.3, 0.4) is 0 Å². The van der Waals surface area contributed by atoms with E-state index in [-0.39, 0.29) is 17.1 Å². The molecule has 0 atom stereocenters. The highest BCUT2D eigenvalue weighted by Gasteiger charge is 2.29. The molecule has 31 heavy (non-hydrogen) atoms. The molecule has 0 unspecified atom stereocenters. The van der Waals surface area contributed by atoms with E-state index in [1.165, 1.54) is 40.7 Å². The van der Waals surface area contributed by atoms with Crippen LogP contribution >= 0.6 is 0 Å². The van der Waals surface area contributed by atoms with E-state index in [2.05, 4.69) is 4.72 Å². The lowest BCUT2D eigenvalue weighted by atomic mass is 10.0. The summed E-state index contributed by atoms with van der Waals surface area (Å²) in [4.78, 5) is -0.515. The second kappa shape index (κ2) is 7.93. The molecule has 3 aromatic carbocycles. The summed E-state index contributed by atoms with van der Waals surface area (Å²) in [6.45, 7) is 0.243. The molecule has 4 rings (SSSR count). The molecule has 0 aliphatic carbocycles. The average molecular weight is 465 g/mol. The van der Waals surface area contributed by atoms with Gasteiger partial charge in [-0.25, -0.2) is 25.6 Å². The molecular weight excluding hydrogens is 446 g/mol. The first-order valence-corrected chi connectivity index (χ1v) is 12.3. The third-order valence-corrected chi connectivity index (χ3v) is 8.18. The fourth-order valence-electron chi connectivity index (χ4n) is 3.48. The van der Waals surface area contributed by atoms with E-state index < -0.39 is 36.6 Å². The number of fused-ring (bicyclic) bond motifs is 1. The zero-order valence-corrected chi connectivity index (χ0v) is 17.8. The first kappa shape index (κ1) is 21.3. The number of benzene rings is 3. The molecule has 1 aliphatic heterocycles. The Morgan fingerprint density at radius 3 is 2.29 bits per heavy atom. The first-order valence-electron chi connectivity index (χ1n) is 9.37. The predicted molar refractivity (Wildman–Crippen MR) is 113 cm³/mol. The van der Waals surface area contributed by atoms with Gasteiger partial charge in [-0.2, -0.15) is 0 Å².